The van der Waals surface area contributed by atoms with Crippen LogP contribution in [-0.4, -0.2) is 39.1 Å². The molecule has 0 aliphatic carbocycles. The molecular weight excluding hydrogens is 236 g/mol. The van der Waals surface area contributed by atoms with Crippen LogP contribution in [0.5, 0.6) is 0 Å². The summed E-state index contributed by atoms with van der Waals surface area (Å²) in [5.41, 5.74) is 0.0538. The van der Waals surface area contributed by atoms with E-state index in [1.54, 1.807) is 0 Å². The fraction of sp³-hybridized carbons (Fsp3) is 0.300. The molecular formula is C10H11ClO5. The first-order valence-electron chi connectivity index (χ1n) is 4.46. The topological polar surface area (TPSA) is 98.0 Å². The Morgan fingerprint density at radius 2 is 1.94 bits per heavy atom. The van der Waals surface area contributed by atoms with Crippen LogP contribution in [0.3, 0.4) is 0 Å². The fourth-order valence-electron chi connectivity index (χ4n) is 1.23. The van der Waals surface area contributed by atoms with E-state index in [9.17, 15) is 15.0 Å². The highest BCUT2D eigenvalue weighted by Crippen LogP contribution is 2.22. The molecule has 0 fully saturated rings. The van der Waals surface area contributed by atoms with Gasteiger partial charge in [-0.1, -0.05) is 11.6 Å². The van der Waals surface area contributed by atoms with E-state index in [2.05, 4.69) is 0 Å². The lowest BCUT2D eigenvalue weighted by Crippen LogP contribution is -2.22. The van der Waals surface area contributed by atoms with Crippen molar-refractivity contribution in [1.82, 2.24) is 0 Å². The molecule has 0 heterocycles. The number of hydrogen-bond acceptors (Lipinski definition) is 4. The molecule has 0 aliphatic rings. The van der Waals surface area contributed by atoms with Crippen LogP contribution in [0.1, 0.15) is 22.0 Å². The van der Waals surface area contributed by atoms with Gasteiger partial charge in [0.05, 0.1) is 12.2 Å². The predicted octanol–water partition coefficient (Wildman–Crippen LogP) is 0.425. The van der Waals surface area contributed by atoms with Crippen molar-refractivity contribution in [2.45, 2.75) is 12.2 Å². The normalized spacial score (nSPS) is 14.5. The molecule has 1 aromatic carbocycles. The van der Waals surface area contributed by atoms with Crippen molar-refractivity contribution in [1.29, 1.82) is 0 Å². The molecule has 5 nitrogen and oxygen atoms in total. The minimum Gasteiger partial charge on any atom is -0.478 e. The van der Waals surface area contributed by atoms with Crippen molar-refractivity contribution in [3.05, 3.63) is 34.3 Å². The third-order valence-corrected chi connectivity index (χ3v) is 2.28. The Bertz CT molecular complexity index is 393. The molecule has 0 aromatic heterocycles. The monoisotopic (exact) mass is 246 g/mol. The third-order valence-electron chi connectivity index (χ3n) is 2.06. The smallest absolute Gasteiger partial charge is 0.335 e. The van der Waals surface area contributed by atoms with Gasteiger partial charge < -0.3 is 20.4 Å². The zero-order chi connectivity index (χ0) is 12.3. The Kier molecular flexibility index (Phi) is 4.26. The summed E-state index contributed by atoms with van der Waals surface area (Å²) >= 11 is 5.67. The minimum atomic E-state index is -1.37. The van der Waals surface area contributed by atoms with Gasteiger partial charge in [-0.25, -0.2) is 4.79 Å². The maximum Gasteiger partial charge on any atom is 0.335 e. The maximum absolute atomic E-state index is 10.7. The summed E-state index contributed by atoms with van der Waals surface area (Å²) in [6.45, 7) is -0.629. The van der Waals surface area contributed by atoms with Crippen LogP contribution >= 0.6 is 11.6 Å². The first-order chi connectivity index (χ1) is 7.45. The third kappa shape index (κ3) is 2.93. The number of benzene rings is 1. The number of aromatic carboxylic acids is 1. The van der Waals surface area contributed by atoms with Gasteiger partial charge in [0.25, 0.3) is 0 Å². The Hall–Kier alpha value is -1.14. The number of carboxylic acids is 1. The summed E-state index contributed by atoms with van der Waals surface area (Å²) in [7, 11) is 0. The fourth-order valence-corrected chi connectivity index (χ4v) is 1.47. The van der Waals surface area contributed by atoms with Gasteiger partial charge in [-0.15, -0.1) is 0 Å². The van der Waals surface area contributed by atoms with Gasteiger partial charge in [-0.2, -0.15) is 0 Å². The molecule has 4 N–H and O–H groups in total. The number of aliphatic hydroxyl groups excluding tert-OH is 3. The number of carbonyl (C=O) groups is 1. The second-order valence-electron chi connectivity index (χ2n) is 3.27. The second kappa shape index (κ2) is 5.27. The van der Waals surface area contributed by atoms with E-state index in [0.29, 0.717) is 0 Å². The van der Waals surface area contributed by atoms with E-state index in [0.717, 1.165) is 0 Å². The van der Waals surface area contributed by atoms with E-state index in [1.807, 2.05) is 0 Å². The van der Waals surface area contributed by atoms with Crippen molar-refractivity contribution in [2.24, 2.45) is 0 Å². The number of halogens is 1. The van der Waals surface area contributed by atoms with Crippen LogP contribution in [0.25, 0.3) is 0 Å². The molecule has 1 aromatic rings. The van der Waals surface area contributed by atoms with Gasteiger partial charge in [-0.3, -0.25) is 0 Å². The van der Waals surface area contributed by atoms with Gasteiger partial charge in [0.2, 0.25) is 0 Å². The summed E-state index contributed by atoms with van der Waals surface area (Å²) in [5.74, 6) is -1.19. The van der Waals surface area contributed by atoms with Crippen LogP contribution in [0, 0.1) is 0 Å². The first-order valence-corrected chi connectivity index (χ1v) is 4.84. The highest BCUT2D eigenvalue weighted by atomic mass is 35.5. The summed E-state index contributed by atoms with van der Waals surface area (Å²) in [4.78, 5) is 10.7. The van der Waals surface area contributed by atoms with Gasteiger partial charge >= 0.3 is 5.97 Å². The molecule has 0 bridgehead atoms. The Morgan fingerprint density at radius 3 is 2.44 bits per heavy atom. The number of carboxylic acid groups (broad SMARTS) is 1. The average molecular weight is 247 g/mol. The quantitative estimate of drug-likeness (QED) is 0.617. The number of hydrogen-bond donors (Lipinski definition) is 4. The molecule has 0 saturated heterocycles. The second-order valence-corrected chi connectivity index (χ2v) is 3.71. The standard InChI is InChI=1S/C10H11ClO5/c11-7-2-5(9(14)8(13)4-12)1-6(3-7)10(15)16/h1-3,8-9,12-14H,4H2,(H,15,16). The molecule has 0 radical (unpaired) electrons. The summed E-state index contributed by atoms with van der Waals surface area (Å²) in [6.07, 6.45) is -2.75. The van der Waals surface area contributed by atoms with Crippen molar-refractivity contribution in [2.75, 3.05) is 6.61 Å². The van der Waals surface area contributed by atoms with E-state index in [4.69, 9.17) is 21.8 Å². The van der Waals surface area contributed by atoms with Crippen LogP contribution in [-0.2, 0) is 0 Å². The Morgan fingerprint density at radius 1 is 1.31 bits per heavy atom. The lowest BCUT2D eigenvalue weighted by molar-refractivity contribution is -0.0152. The SMILES string of the molecule is O=C(O)c1cc(Cl)cc(C(O)C(O)CO)c1. The molecule has 1 rings (SSSR count). The maximum atomic E-state index is 10.7. The molecule has 0 saturated carbocycles. The Labute approximate surface area is 96.5 Å². The van der Waals surface area contributed by atoms with Gasteiger partial charge in [0.1, 0.15) is 12.2 Å². The van der Waals surface area contributed by atoms with Crippen molar-refractivity contribution < 1.29 is 25.2 Å². The van der Waals surface area contributed by atoms with Crippen LogP contribution in [0.2, 0.25) is 5.02 Å². The molecule has 6 heteroatoms. The summed E-state index contributed by atoms with van der Waals surface area (Å²) in [5, 5.41) is 36.3. The molecule has 0 amide bonds. The highest BCUT2D eigenvalue weighted by molar-refractivity contribution is 6.31. The number of rotatable bonds is 4. The molecule has 2 unspecified atom stereocenters. The van der Waals surface area contributed by atoms with E-state index in [-0.39, 0.29) is 16.1 Å². The van der Waals surface area contributed by atoms with Crippen LogP contribution < -0.4 is 0 Å². The van der Waals surface area contributed by atoms with Gasteiger partial charge in [0.15, 0.2) is 0 Å². The summed E-state index contributed by atoms with van der Waals surface area (Å²) in [6, 6.07) is 3.75. The lowest BCUT2D eigenvalue weighted by Gasteiger charge is -2.16. The average Bonchev–Trinajstić information content (AvgIpc) is 2.26. The highest BCUT2D eigenvalue weighted by Gasteiger charge is 2.19. The van der Waals surface area contributed by atoms with Gasteiger partial charge in [-0.05, 0) is 23.8 Å². The predicted molar refractivity (Wildman–Crippen MR) is 56.5 cm³/mol. The molecule has 2 atom stereocenters. The Balaban J connectivity index is 3.09. The summed E-state index contributed by atoms with van der Waals surface area (Å²) < 4.78 is 0. The van der Waals surface area contributed by atoms with Crippen molar-refractivity contribution in [3.63, 3.8) is 0 Å². The lowest BCUT2D eigenvalue weighted by atomic mass is 10.0. The minimum absolute atomic E-state index is 0.0910. The largest absolute Gasteiger partial charge is 0.478 e. The van der Waals surface area contributed by atoms with Crippen LogP contribution in [0.4, 0.5) is 0 Å². The van der Waals surface area contributed by atoms with Crippen molar-refractivity contribution >= 4 is 17.6 Å². The zero-order valence-electron chi connectivity index (χ0n) is 8.17. The van der Waals surface area contributed by atoms with E-state index >= 15 is 0 Å². The first kappa shape index (κ1) is 12.9. The van der Waals surface area contributed by atoms with Crippen LogP contribution in [0.15, 0.2) is 18.2 Å². The number of aliphatic hydroxyl groups is 3. The van der Waals surface area contributed by atoms with Gasteiger partial charge in [0, 0.05) is 5.02 Å². The van der Waals surface area contributed by atoms with E-state index in [1.165, 1.54) is 18.2 Å². The van der Waals surface area contributed by atoms with Crippen molar-refractivity contribution in [3.8, 4) is 0 Å². The molecule has 88 valence electrons. The molecule has 0 spiro atoms. The molecule has 0 aliphatic heterocycles. The van der Waals surface area contributed by atoms with E-state index < -0.39 is 24.8 Å². The zero-order valence-corrected chi connectivity index (χ0v) is 8.92. The molecule has 16 heavy (non-hydrogen) atoms.